The molecule has 82 valence electrons. The van der Waals surface area contributed by atoms with Crippen molar-refractivity contribution in [2.75, 3.05) is 23.7 Å². The predicted molar refractivity (Wildman–Crippen MR) is 66.3 cm³/mol. The van der Waals surface area contributed by atoms with Gasteiger partial charge in [0.25, 0.3) is 0 Å². The Bertz CT molecular complexity index is 305. The fourth-order valence-corrected chi connectivity index (χ4v) is 2.30. The normalized spacial score (nSPS) is 17.5. The second kappa shape index (κ2) is 4.56. The number of anilines is 2. The summed E-state index contributed by atoms with van der Waals surface area (Å²) in [6, 6.07) is 6.36. The van der Waals surface area contributed by atoms with Gasteiger partial charge in [-0.05, 0) is 43.5 Å². The third-order valence-electron chi connectivity index (χ3n) is 3.06. The number of nitrogen functional groups attached to an aromatic ring is 1. The quantitative estimate of drug-likeness (QED) is 0.713. The van der Waals surface area contributed by atoms with Crippen LogP contribution in [0.3, 0.4) is 0 Å². The zero-order valence-corrected chi connectivity index (χ0v) is 9.50. The van der Waals surface area contributed by atoms with Gasteiger partial charge in [-0.25, -0.2) is 0 Å². The third kappa shape index (κ3) is 2.65. The highest BCUT2D eigenvalue weighted by Crippen LogP contribution is 2.23. The summed E-state index contributed by atoms with van der Waals surface area (Å²) in [7, 11) is 0. The van der Waals surface area contributed by atoms with Crippen molar-refractivity contribution < 1.29 is 0 Å². The van der Waals surface area contributed by atoms with E-state index in [0.717, 1.165) is 5.69 Å². The fourth-order valence-electron chi connectivity index (χ4n) is 2.30. The van der Waals surface area contributed by atoms with E-state index < -0.39 is 0 Å². The number of nitrogens with zero attached hydrogens (tertiary/aromatic N) is 1. The molecule has 1 saturated heterocycles. The predicted octanol–water partition coefficient (Wildman–Crippen LogP) is 2.96. The molecular weight excluding hydrogens is 184 g/mol. The van der Waals surface area contributed by atoms with Crippen molar-refractivity contribution in [1.82, 2.24) is 0 Å². The van der Waals surface area contributed by atoms with Crippen molar-refractivity contribution in [2.24, 2.45) is 0 Å². The molecule has 2 heteroatoms. The molecule has 0 aliphatic carbocycles. The van der Waals surface area contributed by atoms with Crippen molar-refractivity contribution in [1.29, 1.82) is 0 Å². The molecule has 0 bridgehead atoms. The smallest absolute Gasteiger partial charge is 0.0389 e. The Labute approximate surface area is 92.1 Å². The van der Waals surface area contributed by atoms with E-state index in [4.69, 9.17) is 5.73 Å². The maximum atomic E-state index is 5.88. The molecular formula is C13H20N2. The van der Waals surface area contributed by atoms with Crippen LogP contribution < -0.4 is 10.6 Å². The largest absolute Gasteiger partial charge is 0.399 e. The minimum atomic E-state index is 0.884. The molecule has 0 aromatic heterocycles. The van der Waals surface area contributed by atoms with E-state index in [1.807, 2.05) is 6.07 Å². The van der Waals surface area contributed by atoms with Gasteiger partial charge in [-0.15, -0.1) is 0 Å². The van der Waals surface area contributed by atoms with Crippen LogP contribution in [0.1, 0.15) is 31.2 Å². The van der Waals surface area contributed by atoms with E-state index >= 15 is 0 Å². The highest BCUT2D eigenvalue weighted by atomic mass is 15.1. The Morgan fingerprint density at radius 1 is 1.00 bits per heavy atom. The molecule has 0 saturated carbocycles. The molecule has 2 nitrogen and oxygen atoms in total. The Morgan fingerprint density at radius 3 is 2.27 bits per heavy atom. The van der Waals surface area contributed by atoms with E-state index in [9.17, 15) is 0 Å². The first-order chi connectivity index (χ1) is 7.25. The molecule has 15 heavy (non-hydrogen) atoms. The topological polar surface area (TPSA) is 29.3 Å². The molecule has 0 amide bonds. The molecule has 2 N–H and O–H groups in total. The molecule has 1 aliphatic rings. The van der Waals surface area contributed by atoms with Gasteiger partial charge in [-0.1, -0.05) is 12.8 Å². The number of hydrogen-bond donors (Lipinski definition) is 1. The minimum absolute atomic E-state index is 0.884. The summed E-state index contributed by atoms with van der Waals surface area (Å²) >= 11 is 0. The zero-order chi connectivity index (χ0) is 10.7. The van der Waals surface area contributed by atoms with Crippen molar-refractivity contribution in [3.05, 3.63) is 23.8 Å². The second-order valence-electron chi connectivity index (χ2n) is 4.50. The lowest BCUT2D eigenvalue weighted by molar-refractivity contribution is 0.726. The van der Waals surface area contributed by atoms with Crippen LogP contribution in [-0.2, 0) is 0 Å². The molecule has 0 spiro atoms. The average Bonchev–Trinajstić information content (AvgIpc) is 2.43. The van der Waals surface area contributed by atoms with Crippen LogP contribution in [0.4, 0.5) is 11.4 Å². The summed E-state index contributed by atoms with van der Waals surface area (Å²) in [5, 5.41) is 0. The molecule has 1 aromatic carbocycles. The van der Waals surface area contributed by atoms with Crippen molar-refractivity contribution >= 4 is 11.4 Å². The van der Waals surface area contributed by atoms with Gasteiger partial charge in [-0.2, -0.15) is 0 Å². The van der Waals surface area contributed by atoms with Crippen LogP contribution in [-0.4, -0.2) is 13.1 Å². The maximum Gasteiger partial charge on any atom is 0.0389 e. The number of rotatable bonds is 1. The fraction of sp³-hybridized carbons (Fsp3) is 0.538. The second-order valence-corrected chi connectivity index (χ2v) is 4.50. The van der Waals surface area contributed by atoms with E-state index in [1.165, 1.54) is 50.0 Å². The molecule has 1 aliphatic heterocycles. The van der Waals surface area contributed by atoms with E-state index in [-0.39, 0.29) is 0 Å². The molecule has 0 unspecified atom stereocenters. The minimum Gasteiger partial charge on any atom is -0.399 e. The van der Waals surface area contributed by atoms with E-state index in [0.29, 0.717) is 0 Å². The van der Waals surface area contributed by atoms with Gasteiger partial charge in [0.2, 0.25) is 0 Å². The van der Waals surface area contributed by atoms with Gasteiger partial charge in [-0.3, -0.25) is 0 Å². The van der Waals surface area contributed by atoms with Crippen LogP contribution in [0.5, 0.6) is 0 Å². The van der Waals surface area contributed by atoms with Crippen LogP contribution in [0.15, 0.2) is 18.2 Å². The van der Waals surface area contributed by atoms with Gasteiger partial charge in [0, 0.05) is 24.5 Å². The molecule has 1 fully saturated rings. The Hall–Kier alpha value is -1.18. The summed E-state index contributed by atoms with van der Waals surface area (Å²) in [5.41, 5.74) is 9.32. The summed E-state index contributed by atoms with van der Waals surface area (Å²) in [5.74, 6) is 0. The van der Waals surface area contributed by atoms with Crippen molar-refractivity contribution in [3.8, 4) is 0 Å². The lowest BCUT2D eigenvalue weighted by Crippen LogP contribution is -2.23. The van der Waals surface area contributed by atoms with Crippen molar-refractivity contribution in [3.63, 3.8) is 0 Å². The lowest BCUT2D eigenvalue weighted by Gasteiger charge is -2.23. The Balaban J connectivity index is 2.19. The van der Waals surface area contributed by atoms with Crippen LogP contribution in [0.2, 0.25) is 0 Å². The van der Waals surface area contributed by atoms with Gasteiger partial charge >= 0.3 is 0 Å². The SMILES string of the molecule is Cc1cc(N)cc(N2CCCCCC2)c1. The molecule has 2 rings (SSSR count). The first-order valence-corrected chi connectivity index (χ1v) is 5.88. The number of hydrogen-bond acceptors (Lipinski definition) is 2. The highest BCUT2D eigenvalue weighted by Gasteiger charge is 2.10. The van der Waals surface area contributed by atoms with Crippen LogP contribution >= 0.6 is 0 Å². The maximum absolute atomic E-state index is 5.88. The van der Waals surface area contributed by atoms with Gasteiger partial charge in [0.15, 0.2) is 0 Å². The van der Waals surface area contributed by atoms with Crippen LogP contribution in [0.25, 0.3) is 0 Å². The summed E-state index contributed by atoms with van der Waals surface area (Å²) in [6.45, 7) is 4.48. The third-order valence-corrected chi connectivity index (χ3v) is 3.06. The van der Waals surface area contributed by atoms with E-state index in [2.05, 4.69) is 24.0 Å². The standard InChI is InChI=1S/C13H20N2/c1-11-8-12(14)10-13(9-11)15-6-4-2-3-5-7-15/h8-10H,2-7,14H2,1H3. The molecule has 0 atom stereocenters. The Morgan fingerprint density at radius 2 is 1.67 bits per heavy atom. The average molecular weight is 204 g/mol. The Kier molecular flexibility index (Phi) is 3.14. The molecule has 1 aromatic rings. The number of aryl methyl sites for hydroxylation is 1. The zero-order valence-electron chi connectivity index (χ0n) is 9.50. The van der Waals surface area contributed by atoms with E-state index in [1.54, 1.807) is 0 Å². The molecule has 0 radical (unpaired) electrons. The van der Waals surface area contributed by atoms with Crippen LogP contribution in [0, 0.1) is 6.92 Å². The first kappa shape index (κ1) is 10.3. The summed E-state index contributed by atoms with van der Waals surface area (Å²) < 4.78 is 0. The van der Waals surface area contributed by atoms with Gasteiger partial charge < -0.3 is 10.6 Å². The summed E-state index contributed by atoms with van der Waals surface area (Å²) in [6.07, 6.45) is 5.37. The van der Waals surface area contributed by atoms with Gasteiger partial charge in [0.1, 0.15) is 0 Å². The van der Waals surface area contributed by atoms with Crippen molar-refractivity contribution in [2.45, 2.75) is 32.6 Å². The highest BCUT2D eigenvalue weighted by molar-refractivity contribution is 5.58. The number of nitrogens with two attached hydrogens (primary N) is 1. The summed E-state index contributed by atoms with van der Waals surface area (Å²) in [4.78, 5) is 2.47. The monoisotopic (exact) mass is 204 g/mol. The number of benzene rings is 1. The molecule has 1 heterocycles. The van der Waals surface area contributed by atoms with Gasteiger partial charge in [0.05, 0.1) is 0 Å². The first-order valence-electron chi connectivity index (χ1n) is 5.88. The lowest BCUT2D eigenvalue weighted by atomic mass is 10.2.